The van der Waals surface area contributed by atoms with Crippen molar-refractivity contribution >= 4 is 5.97 Å². The van der Waals surface area contributed by atoms with E-state index in [9.17, 15) is 4.79 Å². The molecule has 1 saturated heterocycles. The Morgan fingerprint density at radius 3 is 2.50 bits per heavy atom. The third kappa shape index (κ3) is 4.03. The number of benzene rings is 1. The van der Waals surface area contributed by atoms with Crippen LogP contribution in [0.4, 0.5) is 0 Å². The molecule has 1 fully saturated rings. The topological polar surface area (TPSA) is 75.8 Å². The summed E-state index contributed by atoms with van der Waals surface area (Å²) in [6, 6.07) is 7.75. The van der Waals surface area contributed by atoms with Crippen LogP contribution in [0.5, 0.6) is 0 Å². The van der Waals surface area contributed by atoms with Crippen molar-refractivity contribution in [3.8, 4) is 0 Å². The van der Waals surface area contributed by atoms with Crippen molar-refractivity contribution in [1.29, 1.82) is 0 Å². The lowest BCUT2D eigenvalue weighted by molar-refractivity contribution is -0.138. The molecule has 0 bridgehead atoms. The molecule has 0 amide bonds. The zero-order chi connectivity index (χ0) is 14.4. The molecule has 2 rings (SSSR count). The Kier molecular flexibility index (Phi) is 5.52. The number of hydrogen-bond acceptors (Lipinski definition) is 4. The third-order valence-corrected chi connectivity index (χ3v) is 3.74. The van der Waals surface area contributed by atoms with E-state index in [1.807, 2.05) is 24.3 Å². The summed E-state index contributed by atoms with van der Waals surface area (Å²) < 4.78 is 5.32. The zero-order valence-electron chi connectivity index (χ0n) is 11.6. The highest BCUT2D eigenvalue weighted by Crippen LogP contribution is 2.16. The largest absolute Gasteiger partial charge is 0.481 e. The van der Waals surface area contributed by atoms with Gasteiger partial charge in [-0.05, 0) is 17.5 Å². The third-order valence-electron chi connectivity index (χ3n) is 3.74. The van der Waals surface area contributed by atoms with Crippen LogP contribution in [0.3, 0.4) is 0 Å². The van der Waals surface area contributed by atoms with Crippen molar-refractivity contribution < 1.29 is 14.6 Å². The molecule has 5 heteroatoms. The van der Waals surface area contributed by atoms with Gasteiger partial charge in [0.1, 0.15) is 0 Å². The maximum absolute atomic E-state index is 11.0. The number of nitrogens with two attached hydrogens (primary N) is 1. The van der Waals surface area contributed by atoms with Gasteiger partial charge in [-0.2, -0.15) is 0 Å². The molecule has 5 nitrogen and oxygen atoms in total. The summed E-state index contributed by atoms with van der Waals surface area (Å²) in [6.07, 6.45) is 0.973. The van der Waals surface area contributed by atoms with Crippen molar-refractivity contribution in [3.05, 3.63) is 35.4 Å². The summed E-state index contributed by atoms with van der Waals surface area (Å²) in [6.45, 7) is 4.76. The lowest BCUT2D eigenvalue weighted by Crippen LogP contribution is -2.37. The number of aliphatic carboxylic acids is 1. The smallest absolute Gasteiger partial charge is 0.312 e. The van der Waals surface area contributed by atoms with Gasteiger partial charge in [0.05, 0.1) is 19.1 Å². The molecule has 1 aliphatic heterocycles. The summed E-state index contributed by atoms with van der Waals surface area (Å²) in [5, 5.41) is 9.07. The van der Waals surface area contributed by atoms with Crippen LogP contribution in [0, 0.1) is 0 Å². The summed E-state index contributed by atoms with van der Waals surface area (Å²) >= 11 is 0. The number of hydrogen-bond donors (Lipinski definition) is 2. The van der Waals surface area contributed by atoms with E-state index >= 15 is 0 Å². The van der Waals surface area contributed by atoms with E-state index in [0.29, 0.717) is 0 Å². The molecular formula is C15H22N2O3. The second kappa shape index (κ2) is 7.38. The Bertz CT molecular complexity index is 427. The van der Waals surface area contributed by atoms with Crippen LogP contribution in [-0.2, 0) is 16.0 Å². The molecule has 0 aliphatic carbocycles. The Hall–Kier alpha value is -1.43. The predicted octanol–water partition coefficient (Wildman–Crippen LogP) is 0.688. The lowest BCUT2D eigenvalue weighted by atomic mass is 9.97. The standard InChI is InChI=1S/C15H22N2O3/c16-11-14(15(18)19)13-3-1-12(2-4-13)5-6-17-7-9-20-10-8-17/h1-4,14H,5-11,16H2,(H,18,19). The Labute approximate surface area is 119 Å². The number of carbonyl (C=O) groups is 1. The summed E-state index contributed by atoms with van der Waals surface area (Å²) in [5.74, 6) is -1.48. The molecule has 1 unspecified atom stereocenters. The van der Waals surface area contributed by atoms with E-state index in [2.05, 4.69) is 4.90 Å². The van der Waals surface area contributed by atoms with Gasteiger partial charge in [0.25, 0.3) is 0 Å². The van der Waals surface area contributed by atoms with Crippen LogP contribution in [0.15, 0.2) is 24.3 Å². The number of rotatable bonds is 6. The van der Waals surface area contributed by atoms with Crippen molar-refractivity contribution in [2.24, 2.45) is 5.73 Å². The SMILES string of the molecule is NCC(C(=O)O)c1ccc(CCN2CCOCC2)cc1. The van der Waals surface area contributed by atoms with Crippen LogP contribution in [0.25, 0.3) is 0 Å². The number of carboxylic acid groups (broad SMARTS) is 1. The number of carboxylic acids is 1. The molecule has 20 heavy (non-hydrogen) atoms. The minimum atomic E-state index is -0.867. The first-order chi connectivity index (χ1) is 9.70. The van der Waals surface area contributed by atoms with Gasteiger partial charge >= 0.3 is 5.97 Å². The molecule has 0 saturated carbocycles. The van der Waals surface area contributed by atoms with E-state index < -0.39 is 11.9 Å². The predicted molar refractivity (Wildman–Crippen MR) is 76.8 cm³/mol. The van der Waals surface area contributed by atoms with Gasteiger partial charge < -0.3 is 15.6 Å². The van der Waals surface area contributed by atoms with E-state index in [0.717, 1.165) is 44.8 Å². The first-order valence-electron chi connectivity index (χ1n) is 7.02. The molecule has 110 valence electrons. The zero-order valence-corrected chi connectivity index (χ0v) is 11.6. The summed E-state index contributed by atoms with van der Waals surface area (Å²) in [5.41, 5.74) is 7.50. The highest BCUT2D eigenvalue weighted by atomic mass is 16.5. The fourth-order valence-electron chi connectivity index (χ4n) is 2.41. The summed E-state index contributed by atoms with van der Waals surface area (Å²) in [4.78, 5) is 13.4. The first-order valence-corrected chi connectivity index (χ1v) is 7.02. The molecule has 1 aromatic rings. The average Bonchev–Trinajstić information content (AvgIpc) is 2.48. The molecule has 0 aromatic heterocycles. The molecule has 1 aliphatic rings. The van der Waals surface area contributed by atoms with Gasteiger partial charge in [0.15, 0.2) is 0 Å². The fraction of sp³-hybridized carbons (Fsp3) is 0.533. The highest BCUT2D eigenvalue weighted by molar-refractivity contribution is 5.76. The Morgan fingerprint density at radius 1 is 1.30 bits per heavy atom. The van der Waals surface area contributed by atoms with E-state index in [4.69, 9.17) is 15.6 Å². The highest BCUT2D eigenvalue weighted by Gasteiger charge is 2.17. The molecule has 1 aromatic carbocycles. The quantitative estimate of drug-likeness (QED) is 0.800. The molecule has 0 radical (unpaired) electrons. The van der Waals surface area contributed by atoms with Gasteiger partial charge in [0.2, 0.25) is 0 Å². The van der Waals surface area contributed by atoms with Gasteiger partial charge in [-0.1, -0.05) is 24.3 Å². The second-order valence-electron chi connectivity index (χ2n) is 5.07. The maximum Gasteiger partial charge on any atom is 0.312 e. The molecule has 1 heterocycles. The Morgan fingerprint density at radius 2 is 1.95 bits per heavy atom. The van der Waals surface area contributed by atoms with Crippen molar-refractivity contribution in [3.63, 3.8) is 0 Å². The normalized spacial score (nSPS) is 17.9. The number of morpholine rings is 1. The van der Waals surface area contributed by atoms with Gasteiger partial charge in [-0.25, -0.2) is 0 Å². The van der Waals surface area contributed by atoms with Crippen molar-refractivity contribution in [2.45, 2.75) is 12.3 Å². The fourth-order valence-corrected chi connectivity index (χ4v) is 2.41. The van der Waals surface area contributed by atoms with Crippen LogP contribution < -0.4 is 5.73 Å². The molecular weight excluding hydrogens is 256 g/mol. The van der Waals surface area contributed by atoms with Crippen LogP contribution in [-0.4, -0.2) is 55.4 Å². The van der Waals surface area contributed by atoms with Crippen LogP contribution in [0.2, 0.25) is 0 Å². The van der Waals surface area contributed by atoms with Gasteiger partial charge in [-0.15, -0.1) is 0 Å². The Balaban J connectivity index is 1.89. The second-order valence-corrected chi connectivity index (χ2v) is 5.07. The van der Waals surface area contributed by atoms with Crippen LogP contribution in [0.1, 0.15) is 17.0 Å². The minimum Gasteiger partial charge on any atom is -0.481 e. The van der Waals surface area contributed by atoms with Crippen LogP contribution >= 0.6 is 0 Å². The molecule has 1 atom stereocenters. The molecule has 3 N–H and O–H groups in total. The van der Waals surface area contributed by atoms with Gasteiger partial charge in [0, 0.05) is 26.2 Å². The van der Waals surface area contributed by atoms with E-state index in [-0.39, 0.29) is 6.54 Å². The van der Waals surface area contributed by atoms with Crippen molar-refractivity contribution in [2.75, 3.05) is 39.4 Å². The number of nitrogens with zero attached hydrogens (tertiary/aromatic N) is 1. The lowest BCUT2D eigenvalue weighted by Gasteiger charge is -2.26. The van der Waals surface area contributed by atoms with Crippen molar-refractivity contribution in [1.82, 2.24) is 4.90 Å². The van der Waals surface area contributed by atoms with E-state index in [1.54, 1.807) is 0 Å². The average molecular weight is 278 g/mol. The minimum absolute atomic E-state index is 0.127. The number of ether oxygens (including phenoxy) is 1. The summed E-state index contributed by atoms with van der Waals surface area (Å²) in [7, 11) is 0. The maximum atomic E-state index is 11.0. The molecule has 0 spiro atoms. The monoisotopic (exact) mass is 278 g/mol. The van der Waals surface area contributed by atoms with E-state index in [1.165, 1.54) is 5.56 Å². The first kappa shape index (κ1) is 15.0. The van der Waals surface area contributed by atoms with Gasteiger partial charge in [-0.3, -0.25) is 9.69 Å².